The van der Waals surface area contributed by atoms with Gasteiger partial charge in [0.1, 0.15) is 11.5 Å². The van der Waals surface area contributed by atoms with Crippen LogP contribution in [-0.2, 0) is 6.61 Å². The molecular weight excluding hydrogens is 283 g/mol. The number of aliphatic hydroxyl groups excluding tert-OH is 1. The molecule has 2 rings (SSSR count). The zero-order chi connectivity index (χ0) is 14.0. The summed E-state index contributed by atoms with van der Waals surface area (Å²) in [5.74, 6) is 1.41. The van der Waals surface area contributed by atoms with Crippen LogP contribution < -0.4 is 4.74 Å². The molecule has 0 aliphatic carbocycles. The maximum absolute atomic E-state index is 9.08. The van der Waals surface area contributed by atoms with Gasteiger partial charge in [0.25, 0.3) is 0 Å². The van der Waals surface area contributed by atoms with Crippen LogP contribution in [0.25, 0.3) is 0 Å². The van der Waals surface area contributed by atoms with Gasteiger partial charge in [-0.1, -0.05) is 29.3 Å². The van der Waals surface area contributed by atoms with E-state index in [0.717, 1.165) is 16.9 Å². The molecule has 0 aromatic heterocycles. The topological polar surface area (TPSA) is 29.5 Å². The number of hydrogen-bond donors (Lipinski definition) is 1. The summed E-state index contributed by atoms with van der Waals surface area (Å²) in [6.07, 6.45) is 0. The SMILES string of the molecule is Cc1cc(Cl)cc(C)c1Oc1ccc(CO)c(Cl)c1. The van der Waals surface area contributed by atoms with Gasteiger partial charge in [-0.15, -0.1) is 0 Å². The van der Waals surface area contributed by atoms with Crippen LogP contribution in [0.2, 0.25) is 10.0 Å². The summed E-state index contributed by atoms with van der Waals surface area (Å²) in [5, 5.41) is 10.3. The Bertz CT molecular complexity index is 586. The molecule has 4 heteroatoms. The summed E-state index contributed by atoms with van der Waals surface area (Å²) in [4.78, 5) is 0. The molecule has 2 aromatic carbocycles. The smallest absolute Gasteiger partial charge is 0.133 e. The summed E-state index contributed by atoms with van der Waals surface area (Å²) in [5.41, 5.74) is 2.61. The van der Waals surface area contributed by atoms with Gasteiger partial charge in [0.2, 0.25) is 0 Å². The van der Waals surface area contributed by atoms with Crippen molar-refractivity contribution >= 4 is 23.2 Å². The highest BCUT2D eigenvalue weighted by atomic mass is 35.5. The van der Waals surface area contributed by atoms with Gasteiger partial charge < -0.3 is 9.84 Å². The van der Waals surface area contributed by atoms with Crippen LogP contribution in [-0.4, -0.2) is 5.11 Å². The first-order chi connectivity index (χ1) is 9.01. The average molecular weight is 297 g/mol. The number of hydrogen-bond acceptors (Lipinski definition) is 2. The van der Waals surface area contributed by atoms with Crippen molar-refractivity contribution in [1.82, 2.24) is 0 Å². The Kier molecular flexibility index (Phi) is 4.35. The van der Waals surface area contributed by atoms with E-state index < -0.39 is 0 Å². The van der Waals surface area contributed by atoms with Crippen LogP contribution in [0.4, 0.5) is 0 Å². The van der Waals surface area contributed by atoms with Crippen molar-refractivity contribution < 1.29 is 9.84 Å². The van der Waals surface area contributed by atoms with Crippen molar-refractivity contribution in [1.29, 1.82) is 0 Å². The van der Waals surface area contributed by atoms with Gasteiger partial charge >= 0.3 is 0 Å². The van der Waals surface area contributed by atoms with Gasteiger partial charge in [-0.05, 0) is 54.8 Å². The number of rotatable bonds is 3. The van der Waals surface area contributed by atoms with Crippen LogP contribution in [0.3, 0.4) is 0 Å². The Balaban J connectivity index is 2.34. The van der Waals surface area contributed by atoms with E-state index in [2.05, 4.69) is 0 Å². The Labute approximate surface area is 122 Å². The Morgan fingerprint density at radius 2 is 1.68 bits per heavy atom. The van der Waals surface area contributed by atoms with Crippen LogP contribution in [0, 0.1) is 13.8 Å². The lowest BCUT2D eigenvalue weighted by Gasteiger charge is -2.13. The minimum absolute atomic E-state index is 0.0852. The second-order valence-corrected chi connectivity index (χ2v) is 5.23. The third-order valence-corrected chi connectivity index (χ3v) is 3.41. The first kappa shape index (κ1) is 14.2. The van der Waals surface area contributed by atoms with E-state index in [-0.39, 0.29) is 6.61 Å². The molecule has 0 saturated carbocycles. The lowest BCUT2D eigenvalue weighted by Crippen LogP contribution is -1.92. The van der Waals surface area contributed by atoms with E-state index in [4.69, 9.17) is 33.0 Å². The monoisotopic (exact) mass is 296 g/mol. The first-order valence-corrected chi connectivity index (χ1v) is 6.60. The van der Waals surface area contributed by atoms with Crippen molar-refractivity contribution in [2.45, 2.75) is 20.5 Å². The molecule has 0 heterocycles. The van der Waals surface area contributed by atoms with Crippen LogP contribution >= 0.6 is 23.2 Å². The average Bonchev–Trinajstić information content (AvgIpc) is 2.34. The van der Waals surface area contributed by atoms with Gasteiger partial charge in [0.15, 0.2) is 0 Å². The molecule has 0 amide bonds. The normalized spacial score (nSPS) is 10.6. The molecule has 0 aliphatic rings. The van der Waals surface area contributed by atoms with Crippen molar-refractivity contribution in [3.8, 4) is 11.5 Å². The molecule has 0 radical (unpaired) electrons. The summed E-state index contributed by atoms with van der Waals surface area (Å²) >= 11 is 12.0. The standard InChI is InChI=1S/C15H14Cl2O2/c1-9-5-12(16)6-10(2)15(9)19-13-4-3-11(8-18)14(17)7-13/h3-7,18H,8H2,1-2H3. The van der Waals surface area contributed by atoms with E-state index in [1.54, 1.807) is 18.2 Å². The van der Waals surface area contributed by atoms with Gasteiger partial charge in [-0.25, -0.2) is 0 Å². The number of ether oxygens (including phenoxy) is 1. The summed E-state index contributed by atoms with van der Waals surface area (Å²) in [7, 11) is 0. The summed E-state index contributed by atoms with van der Waals surface area (Å²) in [6, 6.07) is 8.94. The largest absolute Gasteiger partial charge is 0.457 e. The van der Waals surface area contributed by atoms with Gasteiger partial charge in [-0.2, -0.15) is 0 Å². The number of halogens is 2. The third kappa shape index (κ3) is 3.21. The first-order valence-electron chi connectivity index (χ1n) is 5.85. The van der Waals surface area contributed by atoms with Crippen molar-refractivity contribution in [3.63, 3.8) is 0 Å². The molecule has 0 spiro atoms. The fourth-order valence-corrected chi connectivity index (χ4v) is 2.45. The van der Waals surface area contributed by atoms with Crippen molar-refractivity contribution in [2.24, 2.45) is 0 Å². The van der Waals surface area contributed by atoms with E-state index in [0.29, 0.717) is 21.4 Å². The fraction of sp³-hybridized carbons (Fsp3) is 0.200. The quantitative estimate of drug-likeness (QED) is 0.873. The summed E-state index contributed by atoms with van der Waals surface area (Å²) in [6.45, 7) is 3.80. The zero-order valence-electron chi connectivity index (χ0n) is 10.7. The van der Waals surface area contributed by atoms with Crippen molar-refractivity contribution in [2.75, 3.05) is 0 Å². The molecule has 2 aromatic rings. The molecule has 2 nitrogen and oxygen atoms in total. The Morgan fingerprint density at radius 3 is 2.21 bits per heavy atom. The molecule has 0 bridgehead atoms. The van der Waals surface area contributed by atoms with Crippen LogP contribution in [0.5, 0.6) is 11.5 Å². The molecule has 0 atom stereocenters. The van der Waals surface area contributed by atoms with Crippen LogP contribution in [0.15, 0.2) is 30.3 Å². The highest BCUT2D eigenvalue weighted by Gasteiger charge is 2.08. The molecular formula is C15H14Cl2O2. The van der Waals surface area contributed by atoms with Crippen LogP contribution in [0.1, 0.15) is 16.7 Å². The summed E-state index contributed by atoms with van der Waals surface area (Å²) < 4.78 is 5.85. The molecule has 0 unspecified atom stereocenters. The van der Waals surface area contributed by atoms with Gasteiger partial charge in [0, 0.05) is 10.0 Å². The Morgan fingerprint density at radius 1 is 1.05 bits per heavy atom. The molecule has 0 fully saturated rings. The highest BCUT2D eigenvalue weighted by molar-refractivity contribution is 6.31. The minimum Gasteiger partial charge on any atom is -0.457 e. The Hall–Kier alpha value is -1.22. The van der Waals surface area contributed by atoms with E-state index >= 15 is 0 Å². The second-order valence-electron chi connectivity index (χ2n) is 4.38. The predicted molar refractivity (Wildman–Crippen MR) is 78.4 cm³/mol. The zero-order valence-corrected chi connectivity index (χ0v) is 12.2. The highest BCUT2D eigenvalue weighted by Crippen LogP contribution is 2.33. The second kappa shape index (κ2) is 5.83. The number of aliphatic hydroxyl groups is 1. The number of aryl methyl sites for hydroxylation is 2. The van der Waals surface area contributed by atoms with Gasteiger partial charge in [-0.3, -0.25) is 0 Å². The molecule has 100 valence electrons. The predicted octanol–water partition coefficient (Wildman–Crippen LogP) is 4.89. The maximum atomic E-state index is 9.08. The van der Waals surface area contributed by atoms with E-state index in [1.165, 1.54) is 0 Å². The van der Waals surface area contributed by atoms with E-state index in [1.807, 2.05) is 26.0 Å². The van der Waals surface area contributed by atoms with Gasteiger partial charge in [0.05, 0.1) is 6.61 Å². The minimum atomic E-state index is -0.0852. The third-order valence-electron chi connectivity index (χ3n) is 2.84. The van der Waals surface area contributed by atoms with E-state index in [9.17, 15) is 0 Å². The lowest BCUT2D eigenvalue weighted by atomic mass is 10.1. The molecule has 1 N–H and O–H groups in total. The molecule has 0 aliphatic heterocycles. The fourth-order valence-electron chi connectivity index (χ4n) is 1.90. The molecule has 19 heavy (non-hydrogen) atoms. The maximum Gasteiger partial charge on any atom is 0.133 e. The lowest BCUT2D eigenvalue weighted by molar-refractivity contribution is 0.282. The number of benzene rings is 2. The molecule has 0 saturated heterocycles. The van der Waals surface area contributed by atoms with Crippen molar-refractivity contribution in [3.05, 3.63) is 57.1 Å².